The third-order valence-electron chi connectivity index (χ3n) is 8.81. The monoisotopic (exact) mass is 790 g/mol. The van der Waals surface area contributed by atoms with Crippen molar-refractivity contribution in [1.82, 2.24) is 9.80 Å². The second-order valence-electron chi connectivity index (χ2n) is 13.0. The van der Waals surface area contributed by atoms with Gasteiger partial charge >= 0.3 is 47.8 Å². The third-order valence-corrected chi connectivity index (χ3v) is 8.81. The number of nitrogens with zero attached hydrogens (tertiary/aromatic N) is 2. The van der Waals surface area contributed by atoms with Crippen LogP contribution in [-0.2, 0) is 47.8 Å². The van der Waals surface area contributed by atoms with Crippen LogP contribution < -0.4 is 0 Å². The van der Waals surface area contributed by atoms with Gasteiger partial charge in [0.15, 0.2) is 0 Å². The zero-order valence-corrected chi connectivity index (χ0v) is 31.6. The van der Waals surface area contributed by atoms with Gasteiger partial charge in [-0.1, -0.05) is 88.4 Å². The van der Waals surface area contributed by atoms with Gasteiger partial charge in [0.1, 0.15) is 6.61 Å². The van der Waals surface area contributed by atoms with Crippen LogP contribution in [0.15, 0.2) is 60.7 Å². The number of aliphatic hydroxyl groups is 1. The van der Waals surface area contributed by atoms with E-state index < -0.39 is 78.6 Å². The second kappa shape index (κ2) is 24.6. The molecule has 0 amide bonds. The van der Waals surface area contributed by atoms with E-state index in [9.17, 15) is 43.5 Å². The van der Waals surface area contributed by atoms with Crippen LogP contribution in [0.3, 0.4) is 0 Å². The number of hydrogen-bond acceptors (Lipinski definition) is 13. The number of aliphatic carboxylic acids is 5. The first-order chi connectivity index (χ1) is 26.3. The molecule has 1 saturated heterocycles. The molecule has 1 fully saturated rings. The van der Waals surface area contributed by atoms with Crippen LogP contribution in [-0.4, -0.2) is 141 Å². The first-order valence-electron chi connectivity index (χ1n) is 17.5. The van der Waals surface area contributed by atoms with Gasteiger partial charge in [-0.05, 0) is 23.0 Å². The summed E-state index contributed by atoms with van der Waals surface area (Å²) in [6.45, 7) is 4.60. The topological polar surface area (TPSA) is 283 Å². The Morgan fingerprint density at radius 2 is 1.11 bits per heavy atom. The maximum Gasteiger partial charge on any atom is 0.318 e. The number of carbonyl (C=O) groups excluding carboxylic acids is 3. The van der Waals surface area contributed by atoms with Crippen molar-refractivity contribution in [2.75, 3.05) is 52.5 Å². The van der Waals surface area contributed by atoms with Crippen LogP contribution in [0.5, 0.6) is 0 Å². The first kappa shape index (κ1) is 48.3. The first-order valence-corrected chi connectivity index (χ1v) is 17.5. The Hall–Kier alpha value is -5.72. The van der Waals surface area contributed by atoms with E-state index in [0.717, 1.165) is 20.9 Å². The Balaban J connectivity index is 0.000000469. The van der Waals surface area contributed by atoms with Crippen LogP contribution in [0.1, 0.15) is 50.7 Å². The van der Waals surface area contributed by atoms with Crippen LogP contribution in [0.4, 0.5) is 0 Å². The molecule has 6 N–H and O–H groups in total. The number of carbonyl (C=O) groups is 8. The van der Waals surface area contributed by atoms with Gasteiger partial charge < -0.3 is 40.1 Å². The summed E-state index contributed by atoms with van der Waals surface area (Å²) in [7, 11) is 0. The molecule has 6 unspecified atom stereocenters. The van der Waals surface area contributed by atoms with E-state index in [2.05, 4.69) is 4.74 Å². The fourth-order valence-corrected chi connectivity index (χ4v) is 5.92. The summed E-state index contributed by atoms with van der Waals surface area (Å²) >= 11 is 0. The minimum absolute atomic E-state index is 0.00940. The Morgan fingerprint density at radius 1 is 0.679 bits per heavy atom. The largest absolute Gasteiger partial charge is 0.481 e. The molecule has 2 aromatic carbocycles. The van der Waals surface area contributed by atoms with Gasteiger partial charge in [0.2, 0.25) is 0 Å². The van der Waals surface area contributed by atoms with E-state index in [1.165, 1.54) is 6.92 Å². The van der Waals surface area contributed by atoms with E-state index in [4.69, 9.17) is 30.3 Å². The number of benzene rings is 2. The summed E-state index contributed by atoms with van der Waals surface area (Å²) in [5.41, 5.74) is 1.84. The van der Waals surface area contributed by atoms with Crippen molar-refractivity contribution in [3.63, 3.8) is 0 Å². The summed E-state index contributed by atoms with van der Waals surface area (Å²) < 4.78 is 9.74. The predicted octanol–water partition coefficient (Wildman–Crippen LogP) is 1.72. The number of cyclic esters (lactones) is 2. The minimum Gasteiger partial charge on any atom is -0.481 e. The van der Waals surface area contributed by atoms with E-state index in [0.29, 0.717) is 0 Å². The molecule has 6 atom stereocenters. The van der Waals surface area contributed by atoms with Gasteiger partial charge in [-0.25, -0.2) is 0 Å². The summed E-state index contributed by atoms with van der Waals surface area (Å²) in [6, 6.07) is 18.7. The fourth-order valence-electron chi connectivity index (χ4n) is 5.92. The lowest BCUT2D eigenvalue weighted by molar-refractivity contribution is -0.158. The second-order valence-corrected chi connectivity index (χ2v) is 13.0. The summed E-state index contributed by atoms with van der Waals surface area (Å²) in [6.07, 6.45) is 0. The van der Waals surface area contributed by atoms with Crippen molar-refractivity contribution in [1.29, 1.82) is 0 Å². The highest BCUT2D eigenvalue weighted by atomic mass is 16.6. The molecule has 0 bridgehead atoms. The lowest BCUT2D eigenvalue weighted by Crippen LogP contribution is -2.38. The van der Waals surface area contributed by atoms with E-state index in [1.54, 1.807) is 38.1 Å². The van der Waals surface area contributed by atoms with Crippen molar-refractivity contribution in [2.45, 2.75) is 39.5 Å². The molecule has 18 heteroatoms. The van der Waals surface area contributed by atoms with E-state index >= 15 is 0 Å². The standard InChI is InChI=1S/C19H25NO8.C13H14O3.C6H11NO5/c1-12(14-6-4-3-5-7-14)17(18(25)26)13(2)19(27)28-9-8-20(10-15(21)22)11-16(23)24;1-8(10-6-4-3-5-7-10)11-9(2)12(14)16-13(11)15;8-2-1-7(3-5(9)10)4-6(11)12/h3-7,12-13,17H,8-11H2,1-2H3,(H,21,22)(H,23,24)(H,25,26);3-9,11H,1-2H3;8H,1-4H2,(H,9,10)(H,11,12). The lowest BCUT2D eigenvalue weighted by Gasteiger charge is -2.25. The highest BCUT2D eigenvalue weighted by Gasteiger charge is 2.44. The Kier molecular flexibility index (Phi) is 21.3. The SMILES string of the molecule is CC(C(=O)OCCN(CC(=O)O)CC(=O)O)C(C(=O)O)C(C)c1ccccc1.CC1C(=O)OC(=O)C1C(C)c1ccccc1.O=C(O)CN(CCO)CC(=O)O. The number of hydrogen-bond donors (Lipinski definition) is 6. The molecule has 1 aliphatic heterocycles. The molecule has 0 radical (unpaired) electrons. The molecule has 0 aromatic heterocycles. The van der Waals surface area contributed by atoms with Crippen molar-refractivity contribution >= 4 is 47.8 Å². The van der Waals surface area contributed by atoms with Gasteiger partial charge in [0, 0.05) is 13.1 Å². The molecule has 2 aromatic rings. The number of carboxylic acid groups (broad SMARTS) is 5. The van der Waals surface area contributed by atoms with Crippen LogP contribution in [0, 0.1) is 23.7 Å². The maximum absolute atomic E-state index is 12.3. The van der Waals surface area contributed by atoms with E-state index in [1.807, 2.05) is 43.3 Å². The average Bonchev–Trinajstić information content (AvgIpc) is 3.37. The minimum atomic E-state index is -1.21. The van der Waals surface area contributed by atoms with Crippen LogP contribution in [0.2, 0.25) is 0 Å². The lowest BCUT2D eigenvalue weighted by atomic mass is 9.79. The third kappa shape index (κ3) is 17.2. The van der Waals surface area contributed by atoms with Crippen LogP contribution >= 0.6 is 0 Å². The van der Waals surface area contributed by atoms with Crippen molar-refractivity contribution in [2.24, 2.45) is 23.7 Å². The van der Waals surface area contributed by atoms with Gasteiger partial charge in [-0.2, -0.15) is 0 Å². The molecular formula is C38H50N2O16. The zero-order chi connectivity index (χ0) is 42.5. The summed E-state index contributed by atoms with van der Waals surface area (Å²) in [5, 5.41) is 52.2. The van der Waals surface area contributed by atoms with Crippen LogP contribution in [0.25, 0.3) is 0 Å². The number of rotatable bonds is 20. The molecule has 0 aliphatic carbocycles. The number of esters is 3. The molecule has 3 rings (SSSR count). The van der Waals surface area contributed by atoms with Crippen molar-refractivity contribution in [3.8, 4) is 0 Å². The molecule has 1 aliphatic rings. The zero-order valence-electron chi connectivity index (χ0n) is 31.6. The Bertz CT molecular complexity index is 1590. The quantitative estimate of drug-likeness (QED) is 0.0822. The highest BCUT2D eigenvalue weighted by Crippen LogP contribution is 2.36. The summed E-state index contributed by atoms with van der Waals surface area (Å²) in [5.74, 6) is -10.4. The average molecular weight is 791 g/mol. The molecule has 1 heterocycles. The summed E-state index contributed by atoms with van der Waals surface area (Å²) in [4.78, 5) is 91.0. The van der Waals surface area contributed by atoms with E-state index in [-0.39, 0.29) is 57.1 Å². The molecule has 0 spiro atoms. The maximum atomic E-state index is 12.3. The van der Waals surface area contributed by atoms with Crippen molar-refractivity contribution < 1.29 is 78.5 Å². The molecule has 18 nitrogen and oxygen atoms in total. The molecule has 0 saturated carbocycles. The number of ether oxygens (including phenoxy) is 2. The van der Waals surface area contributed by atoms with Gasteiger partial charge in [-0.15, -0.1) is 0 Å². The Labute approximate surface area is 323 Å². The smallest absolute Gasteiger partial charge is 0.318 e. The molecule has 308 valence electrons. The van der Waals surface area contributed by atoms with Gasteiger partial charge in [-0.3, -0.25) is 48.2 Å². The number of aliphatic hydroxyl groups excluding tert-OH is 1. The highest BCUT2D eigenvalue weighted by molar-refractivity contribution is 5.96. The Morgan fingerprint density at radius 3 is 1.48 bits per heavy atom. The van der Waals surface area contributed by atoms with Gasteiger partial charge in [0.25, 0.3) is 0 Å². The molecular weight excluding hydrogens is 740 g/mol. The van der Waals surface area contributed by atoms with Crippen molar-refractivity contribution in [3.05, 3.63) is 71.8 Å². The number of carboxylic acids is 5. The predicted molar refractivity (Wildman–Crippen MR) is 195 cm³/mol. The van der Waals surface area contributed by atoms with Gasteiger partial charge in [0.05, 0.1) is 56.5 Å². The normalized spacial score (nSPS) is 16.8. The fraction of sp³-hybridized carbons (Fsp3) is 0.474. The molecule has 56 heavy (non-hydrogen) atoms.